The summed E-state index contributed by atoms with van der Waals surface area (Å²) < 4.78 is 52.6. The van der Waals surface area contributed by atoms with Gasteiger partial charge in [0.1, 0.15) is 11.6 Å². The second-order valence-corrected chi connectivity index (χ2v) is 10.1. The van der Waals surface area contributed by atoms with E-state index in [0.717, 1.165) is 56.0 Å². The molecule has 1 aliphatic heterocycles. The second-order valence-electron chi connectivity index (χ2n) is 8.18. The van der Waals surface area contributed by atoms with E-state index in [1.807, 2.05) is 6.07 Å². The molecule has 4 rings (SSSR count). The number of aryl methyl sites for hydroxylation is 1. The number of likely N-dealkylation sites (tertiary alicyclic amines) is 1. The smallest absolute Gasteiger partial charge is 0.206 e. The standard InChI is InChI=1S/C22H25F2NO2S/c1-25-8-6-15(7-9-25)16-2-3-18-11-21(5-4-17(18)10-16)28(26,27)22-13-19(23)12-20(24)14-22/h4-5,11-16H,2-3,6-10H2,1H3. The van der Waals surface area contributed by atoms with Crippen LogP contribution in [0.5, 0.6) is 0 Å². The van der Waals surface area contributed by atoms with Gasteiger partial charge < -0.3 is 4.90 Å². The third-order valence-electron chi connectivity index (χ3n) is 6.33. The summed E-state index contributed by atoms with van der Waals surface area (Å²) in [5.74, 6) is -0.390. The zero-order chi connectivity index (χ0) is 19.9. The Bertz CT molecular complexity index is 962. The Morgan fingerprint density at radius 1 is 0.857 bits per heavy atom. The Hall–Kier alpha value is -1.79. The van der Waals surface area contributed by atoms with Crippen LogP contribution in [-0.4, -0.2) is 33.5 Å². The van der Waals surface area contributed by atoms with Crippen molar-refractivity contribution in [1.82, 2.24) is 4.90 Å². The van der Waals surface area contributed by atoms with E-state index in [1.54, 1.807) is 12.1 Å². The monoisotopic (exact) mass is 405 g/mol. The molecule has 0 radical (unpaired) electrons. The van der Waals surface area contributed by atoms with Gasteiger partial charge in [-0.2, -0.15) is 0 Å². The third-order valence-corrected chi connectivity index (χ3v) is 8.06. The van der Waals surface area contributed by atoms with E-state index >= 15 is 0 Å². The molecule has 1 unspecified atom stereocenters. The van der Waals surface area contributed by atoms with Crippen LogP contribution in [0.25, 0.3) is 0 Å². The van der Waals surface area contributed by atoms with Gasteiger partial charge in [-0.25, -0.2) is 17.2 Å². The molecule has 0 N–H and O–H groups in total. The fourth-order valence-electron chi connectivity index (χ4n) is 4.65. The van der Waals surface area contributed by atoms with E-state index in [4.69, 9.17) is 0 Å². The van der Waals surface area contributed by atoms with Gasteiger partial charge in [-0.15, -0.1) is 0 Å². The predicted octanol–water partition coefficient (Wildman–Crippen LogP) is 4.24. The number of halogens is 2. The zero-order valence-electron chi connectivity index (χ0n) is 16.0. The maximum Gasteiger partial charge on any atom is 0.206 e. The fraction of sp³-hybridized carbons (Fsp3) is 0.455. The lowest BCUT2D eigenvalue weighted by Crippen LogP contribution is -2.35. The van der Waals surface area contributed by atoms with E-state index in [0.29, 0.717) is 12.0 Å². The molecule has 3 nitrogen and oxygen atoms in total. The number of sulfone groups is 1. The molecule has 1 fully saturated rings. The summed E-state index contributed by atoms with van der Waals surface area (Å²) in [7, 11) is -1.78. The first kappa shape index (κ1) is 19.5. The number of benzene rings is 2. The molecule has 0 saturated carbocycles. The second kappa shape index (κ2) is 7.56. The maximum absolute atomic E-state index is 13.5. The van der Waals surface area contributed by atoms with Crippen molar-refractivity contribution in [2.75, 3.05) is 20.1 Å². The minimum atomic E-state index is -3.94. The molecular weight excluding hydrogens is 380 g/mol. The lowest BCUT2D eigenvalue weighted by Gasteiger charge is -2.37. The van der Waals surface area contributed by atoms with Crippen molar-refractivity contribution in [2.24, 2.45) is 11.8 Å². The minimum Gasteiger partial charge on any atom is -0.306 e. The summed E-state index contributed by atoms with van der Waals surface area (Å²) in [6.45, 7) is 2.30. The molecule has 1 atom stereocenters. The first-order valence-electron chi connectivity index (χ1n) is 9.84. The average Bonchev–Trinajstić information content (AvgIpc) is 2.67. The molecule has 1 aliphatic carbocycles. The van der Waals surface area contributed by atoms with E-state index in [9.17, 15) is 17.2 Å². The molecule has 2 aromatic rings. The van der Waals surface area contributed by atoms with Crippen LogP contribution in [0.1, 0.15) is 30.4 Å². The normalized spacial score (nSPS) is 21.5. The number of fused-ring (bicyclic) bond motifs is 1. The van der Waals surface area contributed by atoms with E-state index in [1.165, 1.54) is 18.4 Å². The molecule has 28 heavy (non-hydrogen) atoms. The van der Waals surface area contributed by atoms with Gasteiger partial charge in [-0.3, -0.25) is 0 Å². The predicted molar refractivity (Wildman–Crippen MR) is 104 cm³/mol. The lowest BCUT2D eigenvalue weighted by molar-refractivity contribution is 0.161. The topological polar surface area (TPSA) is 37.4 Å². The Labute approximate surface area is 165 Å². The Morgan fingerprint density at radius 2 is 1.54 bits per heavy atom. The number of hydrogen-bond donors (Lipinski definition) is 0. The first-order chi connectivity index (χ1) is 13.3. The summed E-state index contributed by atoms with van der Waals surface area (Å²) in [5, 5.41) is 0. The van der Waals surface area contributed by atoms with Crippen molar-refractivity contribution in [3.63, 3.8) is 0 Å². The molecule has 2 aromatic carbocycles. The summed E-state index contributed by atoms with van der Waals surface area (Å²) in [5.41, 5.74) is 2.25. The quantitative estimate of drug-likeness (QED) is 0.766. The largest absolute Gasteiger partial charge is 0.306 e. The van der Waals surface area contributed by atoms with Crippen LogP contribution in [0.4, 0.5) is 8.78 Å². The number of hydrogen-bond acceptors (Lipinski definition) is 3. The highest BCUT2D eigenvalue weighted by atomic mass is 32.2. The van der Waals surface area contributed by atoms with Gasteiger partial charge in [0, 0.05) is 6.07 Å². The molecule has 6 heteroatoms. The molecule has 1 saturated heterocycles. The highest BCUT2D eigenvalue weighted by Gasteiger charge is 2.29. The molecule has 0 aromatic heterocycles. The van der Waals surface area contributed by atoms with Crippen LogP contribution in [0, 0.1) is 23.5 Å². The van der Waals surface area contributed by atoms with Gasteiger partial charge in [0.2, 0.25) is 9.84 Å². The minimum absolute atomic E-state index is 0.106. The summed E-state index contributed by atoms with van der Waals surface area (Å²) >= 11 is 0. The zero-order valence-corrected chi connectivity index (χ0v) is 16.8. The van der Waals surface area contributed by atoms with Crippen LogP contribution >= 0.6 is 0 Å². The van der Waals surface area contributed by atoms with Crippen molar-refractivity contribution in [2.45, 2.75) is 41.9 Å². The molecule has 0 spiro atoms. The molecule has 2 aliphatic rings. The Kier molecular flexibility index (Phi) is 5.27. The van der Waals surface area contributed by atoms with Crippen molar-refractivity contribution >= 4 is 9.84 Å². The van der Waals surface area contributed by atoms with Crippen LogP contribution in [0.2, 0.25) is 0 Å². The van der Waals surface area contributed by atoms with Crippen LogP contribution in [0.3, 0.4) is 0 Å². The molecule has 0 bridgehead atoms. The van der Waals surface area contributed by atoms with Gasteiger partial charge in [-0.1, -0.05) is 6.07 Å². The highest BCUT2D eigenvalue weighted by molar-refractivity contribution is 7.91. The number of nitrogens with zero attached hydrogens (tertiary/aromatic N) is 1. The van der Waals surface area contributed by atoms with Gasteiger partial charge in [0.25, 0.3) is 0 Å². The first-order valence-corrected chi connectivity index (χ1v) is 11.3. The molecule has 150 valence electrons. The van der Waals surface area contributed by atoms with E-state index in [-0.39, 0.29) is 9.79 Å². The van der Waals surface area contributed by atoms with Gasteiger partial charge in [-0.05, 0) is 99.5 Å². The lowest BCUT2D eigenvalue weighted by atomic mass is 9.74. The van der Waals surface area contributed by atoms with Crippen LogP contribution in [0.15, 0.2) is 46.2 Å². The number of rotatable bonds is 3. The van der Waals surface area contributed by atoms with Crippen molar-refractivity contribution < 1.29 is 17.2 Å². The summed E-state index contributed by atoms with van der Waals surface area (Å²) in [4.78, 5) is 2.14. The maximum atomic E-state index is 13.5. The van der Waals surface area contributed by atoms with E-state index in [2.05, 4.69) is 11.9 Å². The SMILES string of the molecule is CN1CCC(C2CCc3cc(S(=O)(=O)c4cc(F)cc(F)c4)ccc3C2)CC1. The van der Waals surface area contributed by atoms with Gasteiger partial charge >= 0.3 is 0 Å². The van der Waals surface area contributed by atoms with Crippen molar-refractivity contribution in [3.05, 3.63) is 59.2 Å². The number of piperidine rings is 1. The van der Waals surface area contributed by atoms with Crippen LogP contribution in [-0.2, 0) is 22.7 Å². The molecule has 0 amide bonds. The highest BCUT2D eigenvalue weighted by Crippen LogP contribution is 2.36. The fourth-order valence-corrected chi connectivity index (χ4v) is 6.00. The van der Waals surface area contributed by atoms with Crippen LogP contribution < -0.4 is 0 Å². The van der Waals surface area contributed by atoms with Crippen molar-refractivity contribution in [1.29, 1.82) is 0 Å². The Balaban J connectivity index is 1.57. The third kappa shape index (κ3) is 3.85. The van der Waals surface area contributed by atoms with Gasteiger partial charge in [0.15, 0.2) is 0 Å². The summed E-state index contributed by atoms with van der Waals surface area (Å²) in [6, 6.07) is 7.57. The molecule has 1 heterocycles. The van der Waals surface area contributed by atoms with E-state index < -0.39 is 21.5 Å². The molecular formula is C22H25F2NO2S. The Morgan fingerprint density at radius 3 is 2.21 bits per heavy atom. The average molecular weight is 406 g/mol. The van der Waals surface area contributed by atoms with Crippen molar-refractivity contribution in [3.8, 4) is 0 Å². The van der Waals surface area contributed by atoms with Gasteiger partial charge in [0.05, 0.1) is 9.79 Å². The summed E-state index contributed by atoms with van der Waals surface area (Å²) in [6.07, 6.45) is 5.37.